The molecule has 2 saturated heterocycles. The lowest BCUT2D eigenvalue weighted by atomic mass is 10.1. The van der Waals surface area contributed by atoms with E-state index in [9.17, 15) is 0 Å². The summed E-state index contributed by atoms with van der Waals surface area (Å²) in [7, 11) is 3.71. The topological polar surface area (TPSA) is 59.3 Å². The van der Waals surface area contributed by atoms with Gasteiger partial charge in [0.05, 0.1) is 10.9 Å². The van der Waals surface area contributed by atoms with Crippen LogP contribution in [0.25, 0.3) is 21.8 Å². The molecule has 2 atom stereocenters. The Morgan fingerprint density at radius 3 is 2.72 bits per heavy atom. The highest BCUT2D eigenvalue weighted by atomic mass is 79.9. The molecule has 29 heavy (non-hydrogen) atoms. The first kappa shape index (κ1) is 19.5. The Bertz CT molecular complexity index is 1060. The molecule has 0 aliphatic carbocycles. The van der Waals surface area contributed by atoms with E-state index >= 15 is 0 Å². The lowest BCUT2D eigenvalue weighted by Gasteiger charge is -2.42. The summed E-state index contributed by atoms with van der Waals surface area (Å²) in [5.74, 6) is 0.953. The number of anilines is 1. The maximum absolute atomic E-state index is 6.37. The third-order valence-corrected chi connectivity index (χ3v) is 6.88. The Kier molecular flexibility index (Phi) is 5.14. The number of likely N-dealkylation sites (tertiary alicyclic amines) is 1. The first-order valence-corrected chi connectivity index (χ1v) is 11.2. The van der Waals surface area contributed by atoms with Gasteiger partial charge < -0.3 is 9.64 Å². The van der Waals surface area contributed by atoms with E-state index in [4.69, 9.17) is 21.3 Å². The van der Waals surface area contributed by atoms with Crippen LogP contribution in [0.1, 0.15) is 19.3 Å². The quantitative estimate of drug-likeness (QED) is 0.411. The molecule has 9 heteroatoms. The van der Waals surface area contributed by atoms with Crippen molar-refractivity contribution in [2.75, 3.05) is 38.3 Å². The highest BCUT2D eigenvalue weighted by Crippen LogP contribution is 2.41. The molecule has 7 nitrogen and oxygen atoms in total. The van der Waals surface area contributed by atoms with E-state index in [1.54, 1.807) is 7.11 Å². The molecular weight excluding hydrogens is 456 g/mol. The minimum Gasteiger partial charge on any atom is -0.385 e. The van der Waals surface area contributed by atoms with Crippen molar-refractivity contribution in [3.8, 4) is 0 Å². The molecular formula is C20H24BrClN6O. The molecule has 0 spiro atoms. The molecule has 2 bridgehead atoms. The summed E-state index contributed by atoms with van der Waals surface area (Å²) < 4.78 is 7.99. The van der Waals surface area contributed by atoms with Gasteiger partial charge in [-0.3, -0.25) is 9.58 Å². The van der Waals surface area contributed by atoms with Gasteiger partial charge in [0.2, 0.25) is 5.28 Å². The van der Waals surface area contributed by atoms with Gasteiger partial charge in [-0.25, -0.2) is 4.98 Å². The zero-order valence-electron chi connectivity index (χ0n) is 16.6. The maximum Gasteiger partial charge on any atom is 0.224 e. The third-order valence-electron chi connectivity index (χ3n) is 6.10. The van der Waals surface area contributed by atoms with Gasteiger partial charge >= 0.3 is 0 Å². The summed E-state index contributed by atoms with van der Waals surface area (Å²) in [5, 5.41) is 7.02. The van der Waals surface area contributed by atoms with E-state index in [-0.39, 0.29) is 0 Å². The van der Waals surface area contributed by atoms with Crippen molar-refractivity contribution in [2.45, 2.75) is 31.3 Å². The summed E-state index contributed by atoms with van der Waals surface area (Å²) in [5.41, 5.74) is 1.78. The van der Waals surface area contributed by atoms with E-state index in [1.807, 2.05) is 24.0 Å². The molecule has 2 unspecified atom stereocenters. The molecule has 154 valence electrons. The van der Waals surface area contributed by atoms with E-state index in [0.717, 1.165) is 64.8 Å². The van der Waals surface area contributed by atoms with Crippen molar-refractivity contribution in [3.63, 3.8) is 0 Å². The molecule has 0 radical (unpaired) electrons. The average molecular weight is 480 g/mol. The molecule has 0 amide bonds. The highest BCUT2D eigenvalue weighted by molar-refractivity contribution is 9.10. The van der Waals surface area contributed by atoms with Crippen LogP contribution >= 0.6 is 27.5 Å². The van der Waals surface area contributed by atoms with Crippen LogP contribution in [0.5, 0.6) is 0 Å². The zero-order valence-corrected chi connectivity index (χ0v) is 18.9. The van der Waals surface area contributed by atoms with Gasteiger partial charge in [0.25, 0.3) is 0 Å². The van der Waals surface area contributed by atoms with Crippen molar-refractivity contribution in [2.24, 2.45) is 7.05 Å². The van der Waals surface area contributed by atoms with Gasteiger partial charge in [-0.1, -0.05) is 0 Å². The maximum atomic E-state index is 6.37. The first-order valence-electron chi connectivity index (χ1n) is 10.0. The number of benzene rings is 1. The van der Waals surface area contributed by atoms with E-state index in [0.29, 0.717) is 17.4 Å². The second-order valence-electron chi connectivity index (χ2n) is 8.03. The second-order valence-corrected chi connectivity index (χ2v) is 9.22. The average Bonchev–Trinajstić information content (AvgIpc) is 3.19. The standard InChI is InChI=1S/C20H24BrClN6O/c1-26-11-14-17-16(8-15(21)18(14)25-26)23-20(22)24-19(17)28-12-4-5-13(28)10-27(9-12)6-3-7-29-2/h8,11-13H,3-7,9-10H2,1-2H3. The van der Waals surface area contributed by atoms with Crippen LogP contribution in [-0.4, -0.2) is 70.1 Å². The van der Waals surface area contributed by atoms with Gasteiger partial charge in [-0.2, -0.15) is 10.1 Å². The summed E-state index contributed by atoms with van der Waals surface area (Å²) in [6.45, 7) is 4.00. The molecule has 2 aromatic heterocycles. The van der Waals surface area contributed by atoms with Gasteiger partial charge in [0.1, 0.15) is 11.3 Å². The minimum absolute atomic E-state index is 0.296. The highest BCUT2D eigenvalue weighted by Gasteiger charge is 2.41. The Morgan fingerprint density at radius 2 is 2.00 bits per heavy atom. The van der Waals surface area contributed by atoms with Crippen LogP contribution in [-0.2, 0) is 11.8 Å². The fourth-order valence-electron chi connectivity index (χ4n) is 4.98. The van der Waals surface area contributed by atoms with Gasteiger partial charge in [0, 0.05) is 68.5 Å². The molecule has 2 aliphatic heterocycles. The fourth-order valence-corrected chi connectivity index (χ4v) is 5.66. The molecule has 1 aromatic carbocycles. The van der Waals surface area contributed by atoms with Crippen molar-refractivity contribution >= 4 is 55.2 Å². The predicted molar refractivity (Wildman–Crippen MR) is 119 cm³/mol. The van der Waals surface area contributed by atoms with Crippen LogP contribution in [0.15, 0.2) is 16.7 Å². The number of halogens is 2. The summed E-state index contributed by atoms with van der Waals surface area (Å²) in [6.07, 6.45) is 5.48. The Hall–Kier alpha value is -1.48. The predicted octanol–water partition coefficient (Wildman–Crippen LogP) is 3.62. The van der Waals surface area contributed by atoms with Gasteiger partial charge in [-0.15, -0.1) is 0 Å². The summed E-state index contributed by atoms with van der Waals surface area (Å²) >= 11 is 10.0. The molecule has 5 rings (SSSR count). The number of hydrogen-bond donors (Lipinski definition) is 0. The van der Waals surface area contributed by atoms with Crippen molar-refractivity contribution < 1.29 is 4.74 Å². The first-order chi connectivity index (χ1) is 14.0. The number of piperazine rings is 1. The van der Waals surface area contributed by atoms with Crippen LogP contribution in [0.3, 0.4) is 0 Å². The number of ether oxygens (including phenoxy) is 1. The van der Waals surface area contributed by atoms with Gasteiger partial charge in [0.15, 0.2) is 0 Å². The normalized spacial score (nSPS) is 22.3. The van der Waals surface area contributed by atoms with E-state index in [1.165, 1.54) is 12.8 Å². The van der Waals surface area contributed by atoms with Crippen LogP contribution < -0.4 is 4.90 Å². The van der Waals surface area contributed by atoms with Gasteiger partial charge in [-0.05, 0) is 52.9 Å². The number of hydrogen-bond acceptors (Lipinski definition) is 6. The molecule has 0 N–H and O–H groups in total. The molecule has 4 heterocycles. The van der Waals surface area contributed by atoms with Crippen LogP contribution in [0.4, 0.5) is 5.82 Å². The van der Waals surface area contributed by atoms with Crippen LogP contribution in [0, 0.1) is 0 Å². The van der Waals surface area contributed by atoms with Crippen molar-refractivity contribution in [3.05, 3.63) is 22.0 Å². The lowest BCUT2D eigenvalue weighted by molar-refractivity contribution is 0.159. The van der Waals surface area contributed by atoms with E-state index < -0.39 is 0 Å². The molecule has 2 fully saturated rings. The Morgan fingerprint density at radius 1 is 1.24 bits per heavy atom. The third kappa shape index (κ3) is 3.40. The number of fused-ring (bicyclic) bond motifs is 5. The number of aryl methyl sites for hydroxylation is 1. The lowest BCUT2D eigenvalue weighted by Crippen LogP contribution is -2.54. The SMILES string of the molecule is COCCCN1CC2CCC(C1)N2c1nc(Cl)nc2cc(Br)c3nn(C)cc3c12. The van der Waals surface area contributed by atoms with E-state index in [2.05, 4.69) is 35.8 Å². The van der Waals surface area contributed by atoms with Crippen molar-refractivity contribution in [1.29, 1.82) is 0 Å². The molecule has 2 aliphatic rings. The monoisotopic (exact) mass is 478 g/mol. The number of rotatable bonds is 5. The number of nitrogens with zero attached hydrogens (tertiary/aromatic N) is 6. The van der Waals surface area contributed by atoms with Crippen LogP contribution in [0.2, 0.25) is 5.28 Å². The summed E-state index contributed by atoms with van der Waals surface area (Å²) in [6, 6.07) is 2.90. The second kappa shape index (κ2) is 7.65. The fraction of sp³-hybridized carbons (Fsp3) is 0.550. The number of aromatic nitrogens is 4. The minimum atomic E-state index is 0.296. The summed E-state index contributed by atoms with van der Waals surface area (Å²) in [4.78, 5) is 14.3. The van der Waals surface area contributed by atoms with Crippen molar-refractivity contribution in [1.82, 2.24) is 24.6 Å². The molecule has 0 saturated carbocycles. The zero-order chi connectivity index (χ0) is 20.1. The Labute approximate surface area is 183 Å². The number of methoxy groups -OCH3 is 1. The Balaban J connectivity index is 1.58. The largest absolute Gasteiger partial charge is 0.385 e. The molecule has 3 aromatic rings. The smallest absolute Gasteiger partial charge is 0.224 e.